The molecule has 0 fully saturated rings. The van der Waals surface area contributed by atoms with Crippen LogP contribution in [0, 0.1) is 0 Å². The highest BCUT2D eigenvalue weighted by atomic mass is 15.2. The first-order valence-corrected chi connectivity index (χ1v) is 7.16. The highest BCUT2D eigenvalue weighted by Crippen LogP contribution is 2.23. The zero-order valence-electron chi connectivity index (χ0n) is 12.4. The Morgan fingerprint density at radius 2 is 1.90 bits per heavy atom. The van der Waals surface area contributed by atoms with Gasteiger partial charge in [0.15, 0.2) is 0 Å². The molecule has 4 heteroatoms. The van der Waals surface area contributed by atoms with Crippen LogP contribution in [0.3, 0.4) is 0 Å². The van der Waals surface area contributed by atoms with E-state index in [0.29, 0.717) is 12.0 Å². The lowest BCUT2D eigenvalue weighted by Gasteiger charge is -2.22. The highest BCUT2D eigenvalue weighted by molar-refractivity contribution is 5.60. The largest absolute Gasteiger partial charge is 0.352 e. The summed E-state index contributed by atoms with van der Waals surface area (Å²) in [5.41, 5.74) is 1.14. The van der Waals surface area contributed by atoms with Crippen LogP contribution in [0.2, 0.25) is 0 Å². The van der Waals surface area contributed by atoms with Crippen LogP contribution in [-0.2, 0) is 0 Å². The van der Waals surface area contributed by atoms with E-state index in [9.17, 15) is 0 Å². The van der Waals surface area contributed by atoms with E-state index in [1.807, 2.05) is 24.3 Å². The molecule has 0 saturated heterocycles. The van der Waals surface area contributed by atoms with Gasteiger partial charge in [-0.05, 0) is 38.5 Å². The predicted octanol–water partition coefficient (Wildman–Crippen LogP) is 3.85. The van der Waals surface area contributed by atoms with Crippen molar-refractivity contribution in [2.24, 2.45) is 0 Å². The van der Waals surface area contributed by atoms with E-state index in [0.717, 1.165) is 24.5 Å². The fourth-order valence-corrected chi connectivity index (χ4v) is 1.98. The number of benzene rings is 1. The summed E-state index contributed by atoms with van der Waals surface area (Å²) in [6, 6.07) is 12.6. The van der Waals surface area contributed by atoms with E-state index in [4.69, 9.17) is 0 Å². The zero-order valence-corrected chi connectivity index (χ0v) is 12.4. The Morgan fingerprint density at radius 3 is 2.55 bits per heavy atom. The van der Waals surface area contributed by atoms with Crippen molar-refractivity contribution in [1.82, 2.24) is 9.97 Å². The third-order valence-electron chi connectivity index (χ3n) is 3.29. The first-order valence-electron chi connectivity index (χ1n) is 7.16. The summed E-state index contributed by atoms with van der Waals surface area (Å²) in [6.07, 6.45) is 2.85. The maximum Gasteiger partial charge on any atom is 0.224 e. The van der Waals surface area contributed by atoms with Crippen LogP contribution in [0.15, 0.2) is 42.6 Å². The summed E-state index contributed by atoms with van der Waals surface area (Å²) in [5, 5.41) is 3.31. The lowest BCUT2D eigenvalue weighted by molar-refractivity contribution is 0.752. The summed E-state index contributed by atoms with van der Waals surface area (Å²) in [7, 11) is 0. The predicted molar refractivity (Wildman–Crippen MR) is 84.5 cm³/mol. The average Bonchev–Trinajstić information content (AvgIpc) is 2.49. The molecule has 1 aromatic carbocycles. The van der Waals surface area contributed by atoms with Gasteiger partial charge in [0.1, 0.15) is 5.82 Å². The molecule has 2 rings (SSSR count). The van der Waals surface area contributed by atoms with Gasteiger partial charge in [0.2, 0.25) is 5.95 Å². The van der Waals surface area contributed by atoms with Crippen LogP contribution in [0.1, 0.15) is 27.2 Å². The lowest BCUT2D eigenvalue weighted by Crippen LogP contribution is -2.20. The molecule has 0 saturated carbocycles. The van der Waals surface area contributed by atoms with Gasteiger partial charge in [-0.25, -0.2) is 4.98 Å². The Kier molecular flexibility index (Phi) is 4.93. The summed E-state index contributed by atoms with van der Waals surface area (Å²) >= 11 is 0. The number of nitrogens with zero attached hydrogens (tertiary/aromatic N) is 3. The SMILES string of the molecule is CCC(C)Nc1nccc(N(CC)c2ccccc2)n1. The lowest BCUT2D eigenvalue weighted by atomic mass is 10.3. The minimum atomic E-state index is 0.372. The number of para-hydroxylation sites is 1. The van der Waals surface area contributed by atoms with E-state index < -0.39 is 0 Å². The van der Waals surface area contributed by atoms with Crippen LogP contribution in [0.25, 0.3) is 0 Å². The fraction of sp³-hybridized carbons (Fsp3) is 0.375. The van der Waals surface area contributed by atoms with Gasteiger partial charge in [-0.1, -0.05) is 25.1 Å². The molecule has 0 spiro atoms. The Morgan fingerprint density at radius 1 is 1.15 bits per heavy atom. The third-order valence-corrected chi connectivity index (χ3v) is 3.29. The van der Waals surface area contributed by atoms with E-state index >= 15 is 0 Å². The molecule has 0 aliphatic rings. The first kappa shape index (κ1) is 14.3. The van der Waals surface area contributed by atoms with Crippen molar-refractivity contribution in [3.05, 3.63) is 42.6 Å². The molecule has 4 nitrogen and oxygen atoms in total. The second-order valence-electron chi connectivity index (χ2n) is 4.77. The van der Waals surface area contributed by atoms with Gasteiger partial charge in [0.25, 0.3) is 0 Å². The molecule has 2 aromatic rings. The standard InChI is InChI=1S/C16H22N4/c1-4-13(3)18-16-17-12-11-15(19-16)20(5-2)14-9-7-6-8-10-14/h6-13H,4-5H2,1-3H3,(H,17,18,19). The molecular formula is C16H22N4. The number of nitrogens with one attached hydrogen (secondary N) is 1. The summed E-state index contributed by atoms with van der Waals surface area (Å²) < 4.78 is 0. The molecule has 1 unspecified atom stereocenters. The van der Waals surface area contributed by atoms with Crippen LogP contribution in [0.4, 0.5) is 17.5 Å². The van der Waals surface area contributed by atoms with Crippen molar-refractivity contribution in [3.63, 3.8) is 0 Å². The topological polar surface area (TPSA) is 41.1 Å². The van der Waals surface area contributed by atoms with Crippen molar-refractivity contribution >= 4 is 17.5 Å². The molecule has 1 N–H and O–H groups in total. The molecule has 20 heavy (non-hydrogen) atoms. The van der Waals surface area contributed by atoms with E-state index in [1.54, 1.807) is 6.20 Å². The van der Waals surface area contributed by atoms with Gasteiger partial charge in [-0.3, -0.25) is 0 Å². The van der Waals surface area contributed by atoms with Crippen molar-refractivity contribution in [2.45, 2.75) is 33.2 Å². The van der Waals surface area contributed by atoms with Gasteiger partial charge in [0, 0.05) is 24.5 Å². The molecule has 1 atom stereocenters. The number of anilines is 3. The molecule has 106 valence electrons. The van der Waals surface area contributed by atoms with Crippen molar-refractivity contribution in [2.75, 3.05) is 16.8 Å². The second kappa shape index (κ2) is 6.89. The summed E-state index contributed by atoms with van der Waals surface area (Å²) in [4.78, 5) is 11.1. The Bertz CT molecular complexity index is 527. The first-order chi connectivity index (χ1) is 9.74. The Hall–Kier alpha value is -2.10. The molecular weight excluding hydrogens is 248 g/mol. The smallest absolute Gasteiger partial charge is 0.224 e. The van der Waals surface area contributed by atoms with Crippen molar-refractivity contribution in [3.8, 4) is 0 Å². The quantitative estimate of drug-likeness (QED) is 0.865. The Labute approximate surface area is 120 Å². The van der Waals surface area contributed by atoms with Crippen LogP contribution < -0.4 is 10.2 Å². The molecule has 1 heterocycles. The van der Waals surface area contributed by atoms with Crippen molar-refractivity contribution < 1.29 is 0 Å². The molecule has 1 aromatic heterocycles. The normalized spacial score (nSPS) is 11.9. The van der Waals surface area contributed by atoms with E-state index in [-0.39, 0.29) is 0 Å². The van der Waals surface area contributed by atoms with Crippen LogP contribution in [0.5, 0.6) is 0 Å². The number of rotatable bonds is 6. The monoisotopic (exact) mass is 270 g/mol. The van der Waals surface area contributed by atoms with Gasteiger partial charge in [-0.15, -0.1) is 0 Å². The molecule has 0 radical (unpaired) electrons. The van der Waals surface area contributed by atoms with Gasteiger partial charge >= 0.3 is 0 Å². The Balaban J connectivity index is 2.24. The average molecular weight is 270 g/mol. The summed E-state index contributed by atoms with van der Waals surface area (Å²) in [5.74, 6) is 1.60. The maximum absolute atomic E-state index is 4.61. The minimum Gasteiger partial charge on any atom is -0.352 e. The molecule has 0 bridgehead atoms. The maximum atomic E-state index is 4.61. The van der Waals surface area contributed by atoms with Crippen LogP contribution >= 0.6 is 0 Å². The van der Waals surface area contributed by atoms with Gasteiger partial charge in [-0.2, -0.15) is 4.98 Å². The number of hydrogen-bond acceptors (Lipinski definition) is 4. The van der Waals surface area contributed by atoms with Crippen molar-refractivity contribution in [1.29, 1.82) is 0 Å². The number of aromatic nitrogens is 2. The molecule has 0 amide bonds. The van der Waals surface area contributed by atoms with Gasteiger partial charge in [0.05, 0.1) is 0 Å². The second-order valence-corrected chi connectivity index (χ2v) is 4.77. The van der Waals surface area contributed by atoms with Gasteiger partial charge < -0.3 is 10.2 Å². The molecule has 0 aliphatic heterocycles. The minimum absolute atomic E-state index is 0.372. The summed E-state index contributed by atoms with van der Waals surface area (Å²) in [6.45, 7) is 7.26. The van der Waals surface area contributed by atoms with Crippen LogP contribution in [-0.4, -0.2) is 22.6 Å². The fourth-order valence-electron chi connectivity index (χ4n) is 1.98. The molecule has 0 aliphatic carbocycles. The number of hydrogen-bond donors (Lipinski definition) is 1. The highest BCUT2D eigenvalue weighted by Gasteiger charge is 2.10. The van der Waals surface area contributed by atoms with E-state index in [2.05, 4.69) is 53.1 Å². The zero-order chi connectivity index (χ0) is 14.4. The third kappa shape index (κ3) is 3.47. The van der Waals surface area contributed by atoms with E-state index in [1.165, 1.54) is 0 Å².